The van der Waals surface area contributed by atoms with Crippen LogP contribution in [0.4, 0.5) is 0 Å². The molecule has 4 nitrogen and oxygen atoms in total. The first-order valence-corrected chi connectivity index (χ1v) is 20.3. The van der Waals surface area contributed by atoms with Gasteiger partial charge in [0.25, 0.3) is 0 Å². The van der Waals surface area contributed by atoms with Crippen LogP contribution in [0.1, 0.15) is 44.7 Å². The van der Waals surface area contributed by atoms with Gasteiger partial charge >= 0.3 is 0 Å². The van der Waals surface area contributed by atoms with Crippen LogP contribution in [0.3, 0.4) is 0 Å². The molecular weight excluding hydrogens is 795 g/mol. The molecule has 0 aliphatic carbocycles. The number of pyridine rings is 3. The molecule has 0 fully saturated rings. The first-order chi connectivity index (χ1) is 23.1. The third-order valence-corrected chi connectivity index (χ3v) is 10.5. The number of hydrogen-bond donors (Lipinski definition) is 0. The predicted octanol–water partition coefficient (Wildman–Crippen LogP) is 10.9. The number of furan rings is 1. The Morgan fingerprint density at radius 2 is 1.57 bits per heavy atom. The average Bonchev–Trinajstić information content (AvgIpc) is 3.48. The van der Waals surface area contributed by atoms with Crippen LogP contribution >= 0.6 is 0 Å². The van der Waals surface area contributed by atoms with Gasteiger partial charge in [0.2, 0.25) is 0 Å². The number of fused-ring (bicyclic) bond motifs is 3. The Labute approximate surface area is 305 Å². The van der Waals surface area contributed by atoms with E-state index in [1.54, 1.807) is 0 Å². The standard InChI is InChI=1S/C26H21N2O.C17H22NSi.Ir/c1-17(2)13-18-11-12-28-23(14-18)21-15-27-16-22-25-20(19-7-4-3-5-8-19)9-6-10-24(25)29-26(21)22;1-13(2)15-11-16(14-9-7-6-8-10-14)18-12-17(15)19(3,4)5;/h3-12,14,16-17H,13H2,1-2H3;6-9,11-13H,1-5H3;/q2*-1;. The minimum absolute atomic E-state index is 0. The van der Waals surface area contributed by atoms with Crippen LogP contribution in [0.15, 0.2) is 114 Å². The smallest absolute Gasteiger partial charge is 0.121 e. The van der Waals surface area contributed by atoms with E-state index in [0.29, 0.717) is 11.8 Å². The Kier molecular flexibility index (Phi) is 11.4. The zero-order valence-corrected chi connectivity index (χ0v) is 32.7. The molecule has 49 heavy (non-hydrogen) atoms. The van der Waals surface area contributed by atoms with Gasteiger partial charge < -0.3 is 19.4 Å². The van der Waals surface area contributed by atoms with Gasteiger partial charge in [0, 0.05) is 37.9 Å². The number of nitrogens with zero attached hydrogens (tertiary/aromatic N) is 3. The second-order valence-electron chi connectivity index (χ2n) is 14.1. The number of rotatable bonds is 7. The summed E-state index contributed by atoms with van der Waals surface area (Å²) in [5.74, 6) is 1.12. The normalized spacial score (nSPS) is 11.4. The maximum Gasteiger partial charge on any atom is 0.121 e. The minimum atomic E-state index is -1.34. The van der Waals surface area contributed by atoms with Gasteiger partial charge in [0.1, 0.15) is 5.58 Å². The van der Waals surface area contributed by atoms with Crippen molar-refractivity contribution in [3.05, 3.63) is 133 Å². The zero-order chi connectivity index (χ0) is 33.8. The summed E-state index contributed by atoms with van der Waals surface area (Å²) in [5, 5.41) is 3.54. The topological polar surface area (TPSA) is 51.8 Å². The van der Waals surface area contributed by atoms with Gasteiger partial charge in [-0.05, 0) is 75.9 Å². The van der Waals surface area contributed by atoms with E-state index >= 15 is 0 Å². The summed E-state index contributed by atoms with van der Waals surface area (Å²) in [7, 11) is -1.34. The molecule has 1 radical (unpaired) electrons. The molecule has 3 aromatic carbocycles. The van der Waals surface area contributed by atoms with Crippen molar-refractivity contribution in [2.75, 3.05) is 0 Å². The summed E-state index contributed by atoms with van der Waals surface area (Å²) < 4.78 is 6.31. The summed E-state index contributed by atoms with van der Waals surface area (Å²) >= 11 is 0. The van der Waals surface area contributed by atoms with Crippen LogP contribution in [-0.4, -0.2) is 23.0 Å². The van der Waals surface area contributed by atoms with Crippen LogP contribution < -0.4 is 5.19 Å². The molecule has 0 spiro atoms. The van der Waals surface area contributed by atoms with Crippen molar-refractivity contribution >= 4 is 35.2 Å². The predicted molar refractivity (Wildman–Crippen MR) is 203 cm³/mol. The molecule has 0 atom stereocenters. The summed E-state index contributed by atoms with van der Waals surface area (Å²) in [6, 6.07) is 34.3. The Bertz CT molecular complexity index is 2150. The van der Waals surface area contributed by atoms with Gasteiger partial charge in [0.05, 0.1) is 13.7 Å². The molecule has 0 aliphatic rings. The first kappa shape index (κ1) is 36.1. The molecule has 0 N–H and O–H groups in total. The fourth-order valence-corrected chi connectivity index (χ4v) is 7.89. The fourth-order valence-electron chi connectivity index (χ4n) is 6.21. The molecule has 0 aliphatic heterocycles. The number of aromatic nitrogens is 3. The van der Waals surface area contributed by atoms with Gasteiger partial charge in [-0.25, -0.2) is 0 Å². The molecule has 7 rings (SSSR count). The summed E-state index contributed by atoms with van der Waals surface area (Å²) in [6.45, 7) is 16.1. The molecule has 251 valence electrons. The monoisotopic (exact) mass is 838 g/mol. The quantitative estimate of drug-likeness (QED) is 0.119. The first-order valence-electron chi connectivity index (χ1n) is 16.8. The zero-order valence-electron chi connectivity index (χ0n) is 29.3. The Morgan fingerprint density at radius 3 is 2.27 bits per heavy atom. The van der Waals surface area contributed by atoms with Crippen molar-refractivity contribution < 1.29 is 24.5 Å². The van der Waals surface area contributed by atoms with Crippen molar-refractivity contribution in [1.82, 2.24) is 15.0 Å². The second-order valence-corrected chi connectivity index (χ2v) is 19.2. The van der Waals surface area contributed by atoms with Crippen LogP contribution in [0, 0.1) is 18.2 Å². The van der Waals surface area contributed by atoms with Gasteiger partial charge in [-0.1, -0.05) is 119 Å². The van der Waals surface area contributed by atoms with E-state index < -0.39 is 8.07 Å². The van der Waals surface area contributed by atoms with E-state index in [2.05, 4.69) is 135 Å². The van der Waals surface area contributed by atoms with Crippen LogP contribution in [-0.2, 0) is 26.5 Å². The van der Waals surface area contributed by atoms with E-state index in [-0.39, 0.29) is 20.1 Å². The Balaban J connectivity index is 0.000000205. The minimum Gasteiger partial charge on any atom is -0.500 e. The summed E-state index contributed by atoms with van der Waals surface area (Å²) in [4.78, 5) is 13.7. The van der Waals surface area contributed by atoms with Crippen LogP contribution in [0.5, 0.6) is 0 Å². The third kappa shape index (κ3) is 8.16. The molecule has 6 heteroatoms. The SMILES string of the molecule is CC(C)Cc1ccnc(-c2[c-]ncc3c2oc2cccc(-c4ccccc4)c23)c1.CC(C)c1cc(-c2[c-]cccc2)ncc1[Si](C)(C)C.[Ir]. The van der Waals surface area contributed by atoms with Crippen molar-refractivity contribution in [3.63, 3.8) is 0 Å². The van der Waals surface area contributed by atoms with E-state index in [1.807, 2.05) is 48.8 Å². The van der Waals surface area contributed by atoms with Crippen molar-refractivity contribution in [2.24, 2.45) is 5.92 Å². The average molecular weight is 838 g/mol. The van der Waals surface area contributed by atoms with Crippen molar-refractivity contribution in [3.8, 4) is 33.6 Å². The maximum absolute atomic E-state index is 6.31. The molecule has 0 unspecified atom stereocenters. The molecule has 0 saturated carbocycles. The summed E-state index contributed by atoms with van der Waals surface area (Å²) in [6.07, 6.45) is 9.93. The Hall–Kier alpha value is -4.22. The van der Waals surface area contributed by atoms with Gasteiger partial charge in [0.15, 0.2) is 0 Å². The van der Waals surface area contributed by atoms with Gasteiger partial charge in [-0.3, -0.25) is 0 Å². The van der Waals surface area contributed by atoms with Crippen molar-refractivity contribution in [1.29, 1.82) is 0 Å². The van der Waals surface area contributed by atoms with Crippen molar-refractivity contribution in [2.45, 2.75) is 59.7 Å². The van der Waals surface area contributed by atoms with Gasteiger partial charge in [-0.2, -0.15) is 0 Å². The Morgan fingerprint density at radius 1 is 0.796 bits per heavy atom. The van der Waals surface area contributed by atoms with E-state index in [9.17, 15) is 0 Å². The molecule has 4 aromatic heterocycles. The van der Waals surface area contributed by atoms with E-state index in [0.717, 1.165) is 62.0 Å². The summed E-state index contributed by atoms with van der Waals surface area (Å²) in [5.41, 5.74) is 10.4. The molecule has 0 amide bonds. The van der Waals surface area contributed by atoms with E-state index in [4.69, 9.17) is 4.42 Å². The maximum atomic E-state index is 6.31. The molecular formula is C43H43IrN3OSi-2. The second kappa shape index (κ2) is 15.5. The molecule has 4 heterocycles. The van der Waals surface area contributed by atoms with E-state index in [1.165, 1.54) is 16.3 Å². The van der Waals surface area contributed by atoms with Crippen LogP contribution in [0.2, 0.25) is 19.6 Å². The fraction of sp³-hybridized carbons (Fsp3) is 0.233. The third-order valence-electron chi connectivity index (χ3n) is 8.51. The molecule has 7 aromatic rings. The molecule has 0 saturated heterocycles. The number of benzene rings is 3. The molecule has 0 bridgehead atoms. The van der Waals surface area contributed by atoms with Gasteiger partial charge in [-0.15, -0.1) is 35.9 Å². The van der Waals surface area contributed by atoms with Crippen LogP contribution in [0.25, 0.3) is 55.6 Å². The largest absolute Gasteiger partial charge is 0.500 e. The number of hydrogen-bond acceptors (Lipinski definition) is 4.